The Morgan fingerprint density at radius 2 is 2.23 bits per heavy atom. The topological polar surface area (TPSA) is 67.1 Å². The molecule has 0 radical (unpaired) electrons. The van der Waals surface area contributed by atoms with E-state index in [1.165, 1.54) is 25.7 Å². The minimum atomic E-state index is 0.560. The number of rotatable bonds is 4. The van der Waals surface area contributed by atoms with Crippen LogP contribution in [0.1, 0.15) is 31.2 Å². The van der Waals surface area contributed by atoms with E-state index >= 15 is 0 Å². The monoisotopic (exact) mass is 298 g/mol. The molecular formula is C16H22N6. The Kier molecular flexibility index (Phi) is 4.68. The Morgan fingerprint density at radius 3 is 2.95 bits per heavy atom. The zero-order valence-corrected chi connectivity index (χ0v) is 12.9. The summed E-state index contributed by atoms with van der Waals surface area (Å²) in [6.45, 7) is 0.719. The maximum atomic E-state index is 4.36. The third kappa shape index (κ3) is 3.63. The summed E-state index contributed by atoms with van der Waals surface area (Å²) in [5.41, 5.74) is 1.16. The van der Waals surface area contributed by atoms with Gasteiger partial charge in [0.2, 0.25) is 0 Å². The molecule has 22 heavy (non-hydrogen) atoms. The Morgan fingerprint density at radius 1 is 1.36 bits per heavy atom. The lowest BCUT2D eigenvalue weighted by Crippen LogP contribution is -2.41. The third-order valence-corrected chi connectivity index (χ3v) is 3.96. The van der Waals surface area contributed by atoms with E-state index in [0.29, 0.717) is 6.04 Å². The van der Waals surface area contributed by atoms with E-state index in [1.54, 1.807) is 12.5 Å². The van der Waals surface area contributed by atoms with Crippen LogP contribution in [0.5, 0.6) is 0 Å². The predicted octanol–water partition coefficient (Wildman–Crippen LogP) is 1.87. The van der Waals surface area contributed by atoms with Crippen molar-refractivity contribution < 1.29 is 0 Å². The summed E-state index contributed by atoms with van der Waals surface area (Å²) in [6, 6.07) is 4.62. The summed E-state index contributed by atoms with van der Waals surface area (Å²) >= 11 is 0. The molecule has 6 nitrogen and oxygen atoms in total. The number of aliphatic imine (C=N–C) groups is 1. The third-order valence-electron chi connectivity index (χ3n) is 3.96. The van der Waals surface area contributed by atoms with Gasteiger partial charge in [0, 0.05) is 38.2 Å². The number of imidazole rings is 1. The maximum absolute atomic E-state index is 4.36. The average Bonchev–Trinajstić information content (AvgIpc) is 3.25. The Labute approximate surface area is 130 Å². The molecule has 1 aliphatic rings. The van der Waals surface area contributed by atoms with Gasteiger partial charge in [-0.1, -0.05) is 12.8 Å². The molecule has 2 N–H and O–H groups in total. The molecule has 0 unspecified atom stereocenters. The molecule has 0 aliphatic heterocycles. The van der Waals surface area contributed by atoms with E-state index < -0.39 is 0 Å². The number of nitrogens with zero attached hydrogens (tertiary/aromatic N) is 4. The molecule has 2 aromatic rings. The van der Waals surface area contributed by atoms with Crippen LogP contribution in [0.25, 0.3) is 5.82 Å². The summed E-state index contributed by atoms with van der Waals surface area (Å²) in [4.78, 5) is 12.7. The Hall–Kier alpha value is -2.37. The van der Waals surface area contributed by atoms with Crippen molar-refractivity contribution in [2.24, 2.45) is 4.99 Å². The number of hydrogen-bond acceptors (Lipinski definition) is 3. The summed E-state index contributed by atoms with van der Waals surface area (Å²) in [5.74, 6) is 1.74. The first kappa shape index (κ1) is 14.6. The van der Waals surface area contributed by atoms with Crippen LogP contribution in [-0.2, 0) is 6.54 Å². The fraction of sp³-hybridized carbons (Fsp3) is 0.438. The molecule has 0 spiro atoms. The minimum absolute atomic E-state index is 0.560. The van der Waals surface area contributed by atoms with Gasteiger partial charge < -0.3 is 10.6 Å². The number of aromatic nitrogens is 3. The highest BCUT2D eigenvalue weighted by atomic mass is 15.2. The van der Waals surface area contributed by atoms with Crippen molar-refractivity contribution in [1.82, 2.24) is 25.2 Å². The molecule has 6 heteroatoms. The van der Waals surface area contributed by atoms with Crippen molar-refractivity contribution in [2.75, 3.05) is 7.05 Å². The van der Waals surface area contributed by atoms with Crippen molar-refractivity contribution in [1.29, 1.82) is 0 Å². The van der Waals surface area contributed by atoms with Crippen molar-refractivity contribution in [3.05, 3.63) is 42.6 Å². The molecule has 2 aromatic heterocycles. The predicted molar refractivity (Wildman–Crippen MR) is 86.9 cm³/mol. The SMILES string of the molecule is CN=C(NCc1ccnc(-n2ccnc2)c1)NC1CCCC1. The van der Waals surface area contributed by atoms with E-state index in [0.717, 1.165) is 23.9 Å². The molecule has 2 heterocycles. The standard InChI is InChI=1S/C16H22N6/c1-17-16(21-14-4-2-3-5-14)20-11-13-6-7-19-15(10-13)22-9-8-18-12-22/h6-10,12,14H,2-5,11H2,1H3,(H2,17,20,21). The Balaban J connectivity index is 1.59. The van der Waals surface area contributed by atoms with E-state index in [-0.39, 0.29) is 0 Å². The number of pyridine rings is 1. The molecule has 3 rings (SSSR count). The van der Waals surface area contributed by atoms with Crippen LogP contribution in [0, 0.1) is 0 Å². The Bertz CT molecular complexity index is 613. The molecule has 1 aliphatic carbocycles. The first-order chi connectivity index (χ1) is 10.8. The van der Waals surface area contributed by atoms with Gasteiger partial charge in [-0.3, -0.25) is 9.56 Å². The van der Waals surface area contributed by atoms with Crippen LogP contribution in [0.4, 0.5) is 0 Å². The molecule has 0 bridgehead atoms. The maximum Gasteiger partial charge on any atom is 0.191 e. The second-order valence-corrected chi connectivity index (χ2v) is 5.54. The highest BCUT2D eigenvalue weighted by Crippen LogP contribution is 2.17. The fourth-order valence-corrected chi connectivity index (χ4v) is 2.75. The van der Waals surface area contributed by atoms with Crippen LogP contribution in [-0.4, -0.2) is 33.6 Å². The lowest BCUT2D eigenvalue weighted by atomic mass is 10.2. The molecule has 0 atom stereocenters. The van der Waals surface area contributed by atoms with Crippen LogP contribution in [0.3, 0.4) is 0 Å². The van der Waals surface area contributed by atoms with Crippen LogP contribution in [0.15, 0.2) is 42.0 Å². The molecule has 0 aromatic carbocycles. The van der Waals surface area contributed by atoms with Crippen LogP contribution in [0.2, 0.25) is 0 Å². The fourth-order valence-electron chi connectivity index (χ4n) is 2.75. The molecule has 1 saturated carbocycles. The second-order valence-electron chi connectivity index (χ2n) is 5.54. The lowest BCUT2D eigenvalue weighted by Gasteiger charge is -2.17. The highest BCUT2D eigenvalue weighted by Gasteiger charge is 2.15. The smallest absolute Gasteiger partial charge is 0.191 e. The zero-order chi connectivity index (χ0) is 15.2. The quantitative estimate of drug-likeness (QED) is 0.668. The second kappa shape index (κ2) is 7.06. The van der Waals surface area contributed by atoms with Gasteiger partial charge in [-0.2, -0.15) is 0 Å². The molecule has 0 amide bonds. The summed E-state index contributed by atoms with van der Waals surface area (Å²) < 4.78 is 1.90. The van der Waals surface area contributed by atoms with Gasteiger partial charge in [-0.25, -0.2) is 9.97 Å². The van der Waals surface area contributed by atoms with Gasteiger partial charge in [0.1, 0.15) is 12.1 Å². The van der Waals surface area contributed by atoms with Gasteiger partial charge >= 0.3 is 0 Å². The van der Waals surface area contributed by atoms with Gasteiger partial charge in [-0.15, -0.1) is 0 Å². The molecule has 0 saturated heterocycles. The van der Waals surface area contributed by atoms with Crippen molar-refractivity contribution in [3.8, 4) is 5.82 Å². The first-order valence-electron chi connectivity index (χ1n) is 7.75. The largest absolute Gasteiger partial charge is 0.354 e. The van der Waals surface area contributed by atoms with Crippen LogP contribution >= 0.6 is 0 Å². The van der Waals surface area contributed by atoms with E-state index in [4.69, 9.17) is 0 Å². The van der Waals surface area contributed by atoms with Gasteiger partial charge in [0.05, 0.1) is 0 Å². The molecular weight excluding hydrogens is 276 g/mol. The zero-order valence-electron chi connectivity index (χ0n) is 12.9. The highest BCUT2D eigenvalue weighted by molar-refractivity contribution is 5.79. The van der Waals surface area contributed by atoms with Gasteiger partial charge in [0.15, 0.2) is 5.96 Å². The van der Waals surface area contributed by atoms with Gasteiger partial charge in [0.25, 0.3) is 0 Å². The summed E-state index contributed by atoms with van der Waals surface area (Å²) in [7, 11) is 1.81. The summed E-state index contributed by atoms with van der Waals surface area (Å²) in [6.07, 6.45) is 12.3. The first-order valence-corrected chi connectivity index (χ1v) is 7.75. The molecule has 116 valence electrons. The number of hydrogen-bond donors (Lipinski definition) is 2. The minimum Gasteiger partial charge on any atom is -0.354 e. The van der Waals surface area contributed by atoms with Crippen molar-refractivity contribution >= 4 is 5.96 Å². The van der Waals surface area contributed by atoms with Crippen molar-refractivity contribution in [2.45, 2.75) is 38.3 Å². The average molecular weight is 298 g/mol. The number of guanidine groups is 1. The van der Waals surface area contributed by atoms with E-state index in [9.17, 15) is 0 Å². The normalized spacial score (nSPS) is 16.0. The lowest BCUT2D eigenvalue weighted by molar-refractivity contribution is 0.613. The van der Waals surface area contributed by atoms with E-state index in [1.807, 2.05) is 30.1 Å². The van der Waals surface area contributed by atoms with Gasteiger partial charge in [-0.05, 0) is 30.5 Å². The summed E-state index contributed by atoms with van der Waals surface area (Å²) in [5, 5.41) is 6.86. The van der Waals surface area contributed by atoms with E-state index in [2.05, 4.69) is 31.7 Å². The van der Waals surface area contributed by atoms with Crippen LogP contribution < -0.4 is 10.6 Å². The van der Waals surface area contributed by atoms with Crippen molar-refractivity contribution in [3.63, 3.8) is 0 Å². The number of nitrogens with one attached hydrogen (secondary N) is 2. The molecule has 1 fully saturated rings.